The minimum atomic E-state index is -1.10. The number of likely N-dealkylation sites (tertiary alicyclic amines) is 1. The molecule has 33 heavy (non-hydrogen) atoms. The van der Waals surface area contributed by atoms with Gasteiger partial charge in [0.05, 0.1) is 11.6 Å². The second-order valence-electron chi connectivity index (χ2n) is 7.66. The third-order valence-electron chi connectivity index (χ3n) is 5.66. The topological polar surface area (TPSA) is 89.0 Å². The number of carbonyl (C=O) groups excluding carboxylic acids is 2. The number of ether oxygens (including phenoxy) is 2. The van der Waals surface area contributed by atoms with Gasteiger partial charge in [0.2, 0.25) is 0 Å². The SMILES string of the molecule is O=C1C(=O)N(Cc2ccncc2)C(c2ccccc2F)C1=C(O)c1ccc2c(c1)OCCO2. The highest BCUT2D eigenvalue weighted by Gasteiger charge is 2.47. The molecule has 166 valence electrons. The van der Waals surface area contributed by atoms with Gasteiger partial charge in [0.25, 0.3) is 11.7 Å². The summed E-state index contributed by atoms with van der Waals surface area (Å²) in [7, 11) is 0. The first-order valence-corrected chi connectivity index (χ1v) is 10.4. The molecule has 0 bridgehead atoms. The Balaban J connectivity index is 1.65. The highest BCUT2D eigenvalue weighted by atomic mass is 19.1. The number of benzene rings is 2. The first-order chi connectivity index (χ1) is 16.0. The molecule has 7 nitrogen and oxygen atoms in total. The fourth-order valence-corrected chi connectivity index (χ4v) is 4.09. The lowest BCUT2D eigenvalue weighted by atomic mass is 9.94. The summed E-state index contributed by atoms with van der Waals surface area (Å²) in [4.78, 5) is 31.4. The van der Waals surface area contributed by atoms with Crippen molar-refractivity contribution in [2.45, 2.75) is 12.6 Å². The normalized spacial score (nSPS) is 19.1. The van der Waals surface area contributed by atoms with Crippen LogP contribution in [0.3, 0.4) is 0 Å². The van der Waals surface area contributed by atoms with E-state index in [9.17, 15) is 19.1 Å². The molecule has 1 fully saturated rings. The zero-order valence-corrected chi connectivity index (χ0v) is 17.4. The van der Waals surface area contributed by atoms with Crippen LogP contribution in [-0.2, 0) is 16.1 Å². The Labute approximate surface area is 188 Å². The molecule has 0 radical (unpaired) electrons. The maximum atomic E-state index is 14.9. The van der Waals surface area contributed by atoms with Gasteiger partial charge in [-0.05, 0) is 42.0 Å². The van der Waals surface area contributed by atoms with Gasteiger partial charge in [-0.25, -0.2) is 4.39 Å². The zero-order valence-electron chi connectivity index (χ0n) is 17.4. The number of ketones is 1. The maximum Gasteiger partial charge on any atom is 0.295 e. The molecule has 3 heterocycles. The van der Waals surface area contributed by atoms with Crippen molar-refractivity contribution < 1.29 is 28.6 Å². The van der Waals surface area contributed by atoms with Gasteiger partial charge in [-0.2, -0.15) is 0 Å². The summed E-state index contributed by atoms with van der Waals surface area (Å²) < 4.78 is 25.9. The van der Waals surface area contributed by atoms with Crippen LogP contribution >= 0.6 is 0 Å². The van der Waals surface area contributed by atoms with E-state index >= 15 is 0 Å². The van der Waals surface area contributed by atoms with Crippen molar-refractivity contribution in [2.24, 2.45) is 0 Å². The van der Waals surface area contributed by atoms with Gasteiger partial charge in [-0.15, -0.1) is 0 Å². The lowest BCUT2D eigenvalue weighted by Gasteiger charge is -2.26. The second-order valence-corrected chi connectivity index (χ2v) is 7.66. The van der Waals surface area contributed by atoms with Crippen molar-refractivity contribution in [1.29, 1.82) is 0 Å². The Hall–Kier alpha value is -4.20. The Bertz CT molecular complexity index is 1270. The summed E-state index contributed by atoms with van der Waals surface area (Å²) >= 11 is 0. The summed E-state index contributed by atoms with van der Waals surface area (Å²) in [5.41, 5.74) is 0.913. The molecule has 5 rings (SSSR count). The number of aromatic nitrogens is 1. The predicted molar refractivity (Wildman–Crippen MR) is 116 cm³/mol. The highest BCUT2D eigenvalue weighted by molar-refractivity contribution is 6.46. The Kier molecular flexibility index (Phi) is 5.26. The molecule has 2 aliphatic heterocycles. The molecule has 1 amide bonds. The summed E-state index contributed by atoms with van der Waals surface area (Å²) in [6.45, 7) is 0.804. The number of nitrogens with zero attached hydrogens (tertiary/aromatic N) is 2. The van der Waals surface area contributed by atoms with E-state index in [1.54, 1.807) is 48.8 Å². The van der Waals surface area contributed by atoms with Crippen molar-refractivity contribution in [3.05, 3.63) is 95.1 Å². The van der Waals surface area contributed by atoms with Crippen LogP contribution in [0.4, 0.5) is 4.39 Å². The van der Waals surface area contributed by atoms with Crippen LogP contribution in [0.15, 0.2) is 72.6 Å². The van der Waals surface area contributed by atoms with Crippen LogP contribution in [0.2, 0.25) is 0 Å². The minimum Gasteiger partial charge on any atom is -0.507 e. The smallest absolute Gasteiger partial charge is 0.295 e. The molecule has 0 aliphatic carbocycles. The number of rotatable bonds is 4. The number of aliphatic hydroxyl groups is 1. The summed E-state index contributed by atoms with van der Waals surface area (Å²) in [5.74, 6) is -1.77. The first kappa shape index (κ1) is 20.7. The fraction of sp³-hybridized carbons (Fsp3) is 0.160. The Morgan fingerprint density at radius 1 is 1.03 bits per heavy atom. The highest BCUT2D eigenvalue weighted by Crippen LogP contribution is 2.42. The lowest BCUT2D eigenvalue weighted by Crippen LogP contribution is -2.29. The number of halogens is 1. The number of amides is 1. The molecule has 0 saturated carbocycles. The number of fused-ring (bicyclic) bond motifs is 1. The van der Waals surface area contributed by atoms with Gasteiger partial charge in [-0.3, -0.25) is 14.6 Å². The number of carbonyl (C=O) groups is 2. The average molecular weight is 446 g/mol. The van der Waals surface area contributed by atoms with Crippen molar-refractivity contribution in [3.63, 3.8) is 0 Å². The van der Waals surface area contributed by atoms with E-state index in [4.69, 9.17) is 9.47 Å². The van der Waals surface area contributed by atoms with E-state index in [1.807, 2.05) is 0 Å². The van der Waals surface area contributed by atoms with Gasteiger partial charge in [0.1, 0.15) is 24.8 Å². The fourth-order valence-electron chi connectivity index (χ4n) is 4.09. The molecule has 8 heteroatoms. The monoisotopic (exact) mass is 446 g/mol. The standard InChI is InChI=1S/C25H19FN2O5/c26-18-4-2-1-3-17(18)22-21(23(29)16-5-6-19-20(13-16)33-12-11-32-19)24(30)25(31)28(22)14-15-7-9-27-10-8-15/h1-10,13,22,29H,11-12,14H2. The van der Waals surface area contributed by atoms with Gasteiger partial charge < -0.3 is 19.5 Å². The average Bonchev–Trinajstić information content (AvgIpc) is 3.09. The molecular formula is C25H19FN2O5. The third-order valence-corrected chi connectivity index (χ3v) is 5.66. The van der Waals surface area contributed by atoms with E-state index < -0.39 is 29.3 Å². The second kappa shape index (κ2) is 8.38. The molecule has 1 unspecified atom stereocenters. The molecule has 1 N–H and O–H groups in total. The molecule has 1 atom stereocenters. The Morgan fingerprint density at radius 2 is 1.76 bits per heavy atom. The number of aliphatic hydroxyl groups excluding tert-OH is 1. The van der Waals surface area contributed by atoms with Crippen LogP contribution in [0.1, 0.15) is 22.7 Å². The van der Waals surface area contributed by atoms with Crippen LogP contribution < -0.4 is 9.47 Å². The number of Topliss-reactive ketones (excluding diaryl/α,β-unsaturated/α-hetero) is 1. The van der Waals surface area contributed by atoms with Gasteiger partial charge in [0, 0.05) is 30.1 Å². The van der Waals surface area contributed by atoms with Crippen molar-refractivity contribution in [1.82, 2.24) is 9.88 Å². The minimum absolute atomic E-state index is 0.0456. The summed E-state index contributed by atoms with van der Waals surface area (Å²) in [6, 6.07) is 12.9. The van der Waals surface area contributed by atoms with Gasteiger partial charge in [-0.1, -0.05) is 18.2 Å². The van der Waals surface area contributed by atoms with Crippen molar-refractivity contribution >= 4 is 17.4 Å². The van der Waals surface area contributed by atoms with Crippen LogP contribution in [-0.4, -0.2) is 39.9 Å². The number of hydrogen-bond acceptors (Lipinski definition) is 6. The predicted octanol–water partition coefficient (Wildman–Crippen LogP) is 3.61. The molecular weight excluding hydrogens is 427 g/mol. The Morgan fingerprint density at radius 3 is 2.52 bits per heavy atom. The van der Waals surface area contributed by atoms with Gasteiger partial charge in [0.15, 0.2) is 11.5 Å². The number of hydrogen-bond donors (Lipinski definition) is 1. The zero-order chi connectivity index (χ0) is 22.9. The van der Waals surface area contributed by atoms with E-state index in [0.29, 0.717) is 30.3 Å². The molecule has 1 aromatic heterocycles. The third kappa shape index (κ3) is 3.69. The van der Waals surface area contributed by atoms with E-state index in [2.05, 4.69) is 4.98 Å². The quantitative estimate of drug-likeness (QED) is 0.374. The molecule has 0 spiro atoms. The first-order valence-electron chi connectivity index (χ1n) is 10.4. The van der Waals surface area contributed by atoms with E-state index in [0.717, 1.165) is 0 Å². The molecule has 3 aromatic rings. The van der Waals surface area contributed by atoms with Gasteiger partial charge >= 0.3 is 0 Å². The summed E-state index contributed by atoms with van der Waals surface area (Å²) in [6.07, 6.45) is 3.14. The van der Waals surface area contributed by atoms with Crippen LogP contribution in [0.5, 0.6) is 11.5 Å². The van der Waals surface area contributed by atoms with Crippen molar-refractivity contribution in [3.8, 4) is 11.5 Å². The van der Waals surface area contributed by atoms with Crippen molar-refractivity contribution in [2.75, 3.05) is 13.2 Å². The largest absolute Gasteiger partial charge is 0.507 e. The van der Waals surface area contributed by atoms with Crippen LogP contribution in [0, 0.1) is 5.82 Å². The molecule has 2 aliphatic rings. The summed E-state index contributed by atoms with van der Waals surface area (Å²) in [5, 5.41) is 11.2. The van der Waals surface area contributed by atoms with E-state index in [-0.39, 0.29) is 23.2 Å². The molecule has 2 aromatic carbocycles. The van der Waals surface area contributed by atoms with E-state index in [1.165, 1.54) is 23.1 Å². The maximum absolute atomic E-state index is 14.9. The van der Waals surface area contributed by atoms with Crippen LogP contribution in [0.25, 0.3) is 5.76 Å². The number of pyridine rings is 1. The molecule has 1 saturated heterocycles. The lowest BCUT2D eigenvalue weighted by molar-refractivity contribution is -0.140.